The second-order valence-electron chi connectivity index (χ2n) is 6.44. The zero-order valence-electron chi connectivity index (χ0n) is 15.9. The first-order chi connectivity index (χ1) is 13.5. The van der Waals surface area contributed by atoms with Crippen molar-refractivity contribution < 1.29 is 19.4 Å². The van der Waals surface area contributed by atoms with E-state index in [1.807, 2.05) is 49.4 Å². The fraction of sp³-hybridized carbons (Fsp3) is 0.125. The van der Waals surface area contributed by atoms with Crippen molar-refractivity contribution in [3.8, 4) is 11.5 Å². The highest BCUT2D eigenvalue weighted by Gasteiger charge is 2.10. The number of carbonyl (C=O) groups is 1. The van der Waals surface area contributed by atoms with E-state index in [-0.39, 0.29) is 5.57 Å². The van der Waals surface area contributed by atoms with Gasteiger partial charge in [0.25, 0.3) is 0 Å². The Morgan fingerprint density at radius 3 is 2.25 bits per heavy atom. The molecule has 0 aliphatic heterocycles. The molecule has 0 bridgehead atoms. The van der Waals surface area contributed by atoms with Crippen molar-refractivity contribution in [3.63, 3.8) is 0 Å². The van der Waals surface area contributed by atoms with Crippen LogP contribution in [0, 0.1) is 6.92 Å². The van der Waals surface area contributed by atoms with E-state index in [0.29, 0.717) is 17.9 Å². The zero-order valence-corrected chi connectivity index (χ0v) is 15.9. The van der Waals surface area contributed by atoms with Crippen molar-refractivity contribution in [2.75, 3.05) is 7.11 Å². The lowest BCUT2D eigenvalue weighted by molar-refractivity contribution is -0.130. The minimum atomic E-state index is -0.982. The first-order valence-corrected chi connectivity index (χ1v) is 8.93. The number of benzene rings is 3. The summed E-state index contributed by atoms with van der Waals surface area (Å²) in [5, 5.41) is 9.58. The SMILES string of the molecule is COc1ccc(/C(=C/c2ccc(OCc3cccc(C)c3)cc2)C(=O)O)cc1. The lowest BCUT2D eigenvalue weighted by Crippen LogP contribution is -2.00. The fourth-order valence-corrected chi connectivity index (χ4v) is 2.83. The van der Waals surface area contributed by atoms with E-state index in [1.54, 1.807) is 37.5 Å². The van der Waals surface area contributed by atoms with Crippen LogP contribution in [0.4, 0.5) is 0 Å². The van der Waals surface area contributed by atoms with Gasteiger partial charge in [-0.15, -0.1) is 0 Å². The van der Waals surface area contributed by atoms with Crippen LogP contribution in [0.1, 0.15) is 22.3 Å². The number of ether oxygens (including phenoxy) is 2. The van der Waals surface area contributed by atoms with Gasteiger partial charge in [0.05, 0.1) is 12.7 Å². The van der Waals surface area contributed by atoms with E-state index in [2.05, 4.69) is 6.07 Å². The summed E-state index contributed by atoms with van der Waals surface area (Å²) in [6.07, 6.45) is 1.65. The topological polar surface area (TPSA) is 55.8 Å². The second-order valence-corrected chi connectivity index (χ2v) is 6.44. The van der Waals surface area contributed by atoms with E-state index in [1.165, 1.54) is 5.56 Å². The molecule has 28 heavy (non-hydrogen) atoms. The van der Waals surface area contributed by atoms with E-state index in [0.717, 1.165) is 16.9 Å². The highest BCUT2D eigenvalue weighted by molar-refractivity contribution is 6.20. The minimum absolute atomic E-state index is 0.219. The maximum Gasteiger partial charge on any atom is 0.336 e. The molecule has 0 radical (unpaired) electrons. The highest BCUT2D eigenvalue weighted by Crippen LogP contribution is 2.23. The number of methoxy groups -OCH3 is 1. The van der Waals surface area contributed by atoms with Crippen LogP contribution < -0.4 is 9.47 Å². The second kappa shape index (κ2) is 8.91. The molecule has 3 aromatic carbocycles. The monoisotopic (exact) mass is 374 g/mol. The summed E-state index contributed by atoms with van der Waals surface area (Å²) in [5.74, 6) is 0.438. The maximum atomic E-state index is 11.7. The Hall–Kier alpha value is -3.53. The molecule has 4 nitrogen and oxygen atoms in total. The molecule has 0 aromatic heterocycles. The van der Waals surface area contributed by atoms with Gasteiger partial charge < -0.3 is 14.6 Å². The van der Waals surface area contributed by atoms with Gasteiger partial charge in [-0.3, -0.25) is 0 Å². The molecule has 3 aromatic rings. The molecule has 0 atom stereocenters. The Morgan fingerprint density at radius 1 is 0.964 bits per heavy atom. The molecule has 0 spiro atoms. The molecule has 0 heterocycles. The average Bonchev–Trinajstić information content (AvgIpc) is 2.71. The number of aryl methyl sites for hydroxylation is 1. The van der Waals surface area contributed by atoms with Gasteiger partial charge in [0.15, 0.2) is 0 Å². The van der Waals surface area contributed by atoms with Crippen molar-refractivity contribution in [1.29, 1.82) is 0 Å². The third-order valence-corrected chi connectivity index (χ3v) is 4.31. The fourth-order valence-electron chi connectivity index (χ4n) is 2.83. The molecule has 3 rings (SSSR count). The number of hydrogen-bond acceptors (Lipinski definition) is 3. The molecule has 142 valence electrons. The lowest BCUT2D eigenvalue weighted by atomic mass is 10.0. The average molecular weight is 374 g/mol. The van der Waals surface area contributed by atoms with Crippen molar-refractivity contribution in [1.82, 2.24) is 0 Å². The molecular weight excluding hydrogens is 352 g/mol. The van der Waals surface area contributed by atoms with Crippen LogP contribution in [0.15, 0.2) is 72.8 Å². The van der Waals surface area contributed by atoms with E-state index < -0.39 is 5.97 Å². The van der Waals surface area contributed by atoms with Crippen molar-refractivity contribution in [2.24, 2.45) is 0 Å². The third kappa shape index (κ3) is 5.01. The van der Waals surface area contributed by atoms with Gasteiger partial charge >= 0.3 is 5.97 Å². The highest BCUT2D eigenvalue weighted by atomic mass is 16.5. The summed E-state index contributed by atoms with van der Waals surface area (Å²) in [5.41, 5.74) is 3.93. The van der Waals surface area contributed by atoms with Crippen molar-refractivity contribution in [3.05, 3.63) is 95.1 Å². The Bertz CT molecular complexity index is 970. The van der Waals surface area contributed by atoms with Gasteiger partial charge in [0.2, 0.25) is 0 Å². The van der Waals surface area contributed by atoms with E-state index in [4.69, 9.17) is 9.47 Å². The van der Waals surface area contributed by atoms with Crippen LogP contribution >= 0.6 is 0 Å². The first-order valence-electron chi connectivity index (χ1n) is 8.93. The number of rotatable bonds is 7. The van der Waals surface area contributed by atoms with Crippen LogP contribution in [0.2, 0.25) is 0 Å². The third-order valence-electron chi connectivity index (χ3n) is 4.31. The smallest absolute Gasteiger partial charge is 0.336 e. The molecular formula is C24H22O4. The largest absolute Gasteiger partial charge is 0.497 e. The summed E-state index contributed by atoms with van der Waals surface area (Å²) in [6.45, 7) is 2.54. The molecule has 1 N–H and O–H groups in total. The molecule has 0 fully saturated rings. The molecule has 0 amide bonds. The van der Waals surface area contributed by atoms with Crippen LogP contribution in [-0.2, 0) is 11.4 Å². The number of aliphatic carboxylic acids is 1. The molecule has 4 heteroatoms. The maximum absolute atomic E-state index is 11.7. The summed E-state index contributed by atoms with van der Waals surface area (Å²) < 4.78 is 10.9. The van der Waals surface area contributed by atoms with Gasteiger partial charge in [-0.25, -0.2) is 4.79 Å². The van der Waals surface area contributed by atoms with Crippen LogP contribution in [0.3, 0.4) is 0 Å². The predicted molar refractivity (Wildman–Crippen MR) is 110 cm³/mol. The zero-order chi connectivity index (χ0) is 19.9. The Morgan fingerprint density at radius 2 is 1.64 bits per heavy atom. The van der Waals surface area contributed by atoms with Crippen LogP contribution in [0.5, 0.6) is 11.5 Å². The standard InChI is InChI=1S/C24H22O4/c1-17-4-3-5-19(14-17)16-28-22-10-6-18(7-11-22)15-23(24(25)26)20-8-12-21(27-2)13-9-20/h3-15H,16H2,1-2H3,(H,25,26)/b23-15-. The molecule has 0 unspecified atom stereocenters. The molecule has 0 saturated heterocycles. The summed E-state index contributed by atoms with van der Waals surface area (Å²) in [4.78, 5) is 11.7. The number of carboxylic acids is 1. The number of carboxylic acid groups (broad SMARTS) is 1. The first kappa shape index (κ1) is 19.2. The van der Waals surface area contributed by atoms with Gasteiger partial charge in [-0.05, 0) is 54.0 Å². The Labute approximate surface area is 164 Å². The molecule has 0 aliphatic carbocycles. The summed E-state index contributed by atoms with van der Waals surface area (Å²) in [6, 6.07) is 22.5. The van der Waals surface area contributed by atoms with Crippen LogP contribution in [-0.4, -0.2) is 18.2 Å². The quantitative estimate of drug-likeness (QED) is 0.456. The van der Waals surface area contributed by atoms with E-state index in [9.17, 15) is 9.90 Å². The molecule has 0 saturated carbocycles. The lowest BCUT2D eigenvalue weighted by Gasteiger charge is -2.08. The molecule has 0 aliphatic rings. The van der Waals surface area contributed by atoms with Gasteiger partial charge in [0, 0.05) is 0 Å². The van der Waals surface area contributed by atoms with Gasteiger partial charge in [-0.1, -0.05) is 54.1 Å². The van der Waals surface area contributed by atoms with Gasteiger partial charge in [0.1, 0.15) is 18.1 Å². The van der Waals surface area contributed by atoms with Crippen molar-refractivity contribution >= 4 is 17.6 Å². The van der Waals surface area contributed by atoms with Crippen LogP contribution in [0.25, 0.3) is 11.6 Å². The van der Waals surface area contributed by atoms with Crippen molar-refractivity contribution in [2.45, 2.75) is 13.5 Å². The predicted octanol–water partition coefficient (Wildman–Crippen LogP) is 5.21. The minimum Gasteiger partial charge on any atom is -0.497 e. The number of hydrogen-bond donors (Lipinski definition) is 1. The van der Waals surface area contributed by atoms with Gasteiger partial charge in [-0.2, -0.15) is 0 Å². The summed E-state index contributed by atoms with van der Waals surface area (Å²) in [7, 11) is 1.57. The Kier molecular flexibility index (Phi) is 6.12. The van der Waals surface area contributed by atoms with E-state index >= 15 is 0 Å². The normalized spacial score (nSPS) is 11.1. The Balaban J connectivity index is 1.73. The summed E-state index contributed by atoms with van der Waals surface area (Å²) >= 11 is 0.